The Kier molecular flexibility index (Phi) is 4.90. The molecule has 4 aromatic rings. The summed E-state index contributed by atoms with van der Waals surface area (Å²) in [7, 11) is 0. The van der Waals surface area contributed by atoms with Gasteiger partial charge < -0.3 is 15.4 Å². The third-order valence-corrected chi connectivity index (χ3v) is 7.98. The predicted molar refractivity (Wildman–Crippen MR) is 131 cm³/mol. The van der Waals surface area contributed by atoms with E-state index in [4.69, 9.17) is 20.4 Å². The van der Waals surface area contributed by atoms with Gasteiger partial charge in [0.1, 0.15) is 11.1 Å². The van der Waals surface area contributed by atoms with Gasteiger partial charge in [0.2, 0.25) is 5.95 Å². The number of halogens is 1. The molecule has 172 valence electrons. The molecule has 0 spiro atoms. The quantitative estimate of drug-likeness (QED) is 0.449. The molecule has 1 fully saturated rings. The number of hydrogen-bond acceptors (Lipinski definition) is 8. The van der Waals surface area contributed by atoms with E-state index in [1.165, 1.54) is 6.20 Å². The van der Waals surface area contributed by atoms with Crippen LogP contribution in [0.4, 0.5) is 15.3 Å². The molecule has 1 unspecified atom stereocenters. The molecule has 0 saturated carbocycles. The monoisotopic (exact) mass is 474 g/mol. The Labute approximate surface area is 200 Å². The van der Waals surface area contributed by atoms with Gasteiger partial charge in [-0.3, -0.25) is 4.98 Å². The van der Waals surface area contributed by atoms with Crippen LogP contribution in [0, 0.1) is 23.1 Å². The highest BCUT2D eigenvalue weighted by Gasteiger charge is 2.30. The lowest BCUT2D eigenvalue weighted by Crippen LogP contribution is -2.21. The van der Waals surface area contributed by atoms with Gasteiger partial charge in [0.05, 0.1) is 40.9 Å². The van der Waals surface area contributed by atoms with Crippen molar-refractivity contribution in [3.05, 3.63) is 40.5 Å². The number of nitrogen functional groups attached to an aromatic ring is 1. The molecule has 5 heterocycles. The number of fused-ring (bicyclic) bond motifs is 4. The number of thiophene rings is 1. The SMILES string of the molecule is CCc1c(-c2ncc(F)c3sc(N)c(C#N)c23)c2c(c3cnc(N4CCC(C)C4)nc13)COC2. The summed E-state index contributed by atoms with van der Waals surface area (Å²) in [6.07, 6.45) is 4.94. The first-order valence-electron chi connectivity index (χ1n) is 11.4. The Morgan fingerprint density at radius 1 is 1.29 bits per heavy atom. The number of aryl methyl sites for hydroxylation is 1. The van der Waals surface area contributed by atoms with Crippen molar-refractivity contribution in [2.24, 2.45) is 5.92 Å². The van der Waals surface area contributed by atoms with Crippen LogP contribution < -0.4 is 10.6 Å². The van der Waals surface area contributed by atoms with Crippen LogP contribution in [0.25, 0.3) is 32.2 Å². The van der Waals surface area contributed by atoms with Crippen LogP contribution >= 0.6 is 11.3 Å². The molecule has 1 saturated heterocycles. The molecule has 1 atom stereocenters. The van der Waals surface area contributed by atoms with E-state index >= 15 is 0 Å². The smallest absolute Gasteiger partial charge is 0.225 e. The third-order valence-electron chi connectivity index (χ3n) is 6.95. The van der Waals surface area contributed by atoms with Crippen LogP contribution in [-0.4, -0.2) is 28.0 Å². The second kappa shape index (κ2) is 7.86. The van der Waals surface area contributed by atoms with E-state index < -0.39 is 5.82 Å². The zero-order valence-electron chi connectivity index (χ0n) is 19.0. The van der Waals surface area contributed by atoms with Gasteiger partial charge in [-0.05, 0) is 35.4 Å². The maximum absolute atomic E-state index is 14.7. The first-order valence-corrected chi connectivity index (χ1v) is 12.3. The number of nitrogens with zero attached hydrogens (tertiary/aromatic N) is 5. The van der Waals surface area contributed by atoms with Crippen LogP contribution in [0.5, 0.6) is 0 Å². The topological polar surface area (TPSA) is 101 Å². The summed E-state index contributed by atoms with van der Waals surface area (Å²) in [6.45, 7) is 7.07. The van der Waals surface area contributed by atoms with Gasteiger partial charge in [0.25, 0.3) is 0 Å². The fourth-order valence-corrected chi connectivity index (χ4v) is 6.22. The number of benzene rings is 1. The molecule has 0 aliphatic carbocycles. The van der Waals surface area contributed by atoms with E-state index in [1.807, 2.05) is 6.20 Å². The van der Waals surface area contributed by atoms with Crippen LogP contribution in [0.1, 0.15) is 42.5 Å². The number of rotatable bonds is 3. The van der Waals surface area contributed by atoms with E-state index in [-0.39, 0.29) is 5.56 Å². The van der Waals surface area contributed by atoms with Crippen LogP contribution in [-0.2, 0) is 24.4 Å². The third kappa shape index (κ3) is 2.99. The van der Waals surface area contributed by atoms with Crippen molar-refractivity contribution in [3.63, 3.8) is 0 Å². The Bertz CT molecular complexity index is 1520. The number of pyridine rings is 1. The van der Waals surface area contributed by atoms with Crippen molar-refractivity contribution < 1.29 is 9.13 Å². The van der Waals surface area contributed by atoms with Gasteiger partial charge in [-0.2, -0.15) is 5.26 Å². The number of ether oxygens (including phenoxy) is 1. The molecule has 0 bridgehead atoms. The van der Waals surface area contributed by atoms with Gasteiger partial charge >= 0.3 is 0 Å². The summed E-state index contributed by atoms with van der Waals surface area (Å²) < 4.78 is 20.9. The first kappa shape index (κ1) is 21.2. The maximum atomic E-state index is 14.7. The highest BCUT2D eigenvalue weighted by Crippen LogP contribution is 2.45. The van der Waals surface area contributed by atoms with Crippen molar-refractivity contribution in [1.82, 2.24) is 15.0 Å². The Morgan fingerprint density at radius 2 is 2.12 bits per heavy atom. The summed E-state index contributed by atoms with van der Waals surface area (Å²) >= 11 is 1.09. The van der Waals surface area contributed by atoms with Gasteiger partial charge in [0, 0.05) is 35.6 Å². The molecule has 9 heteroatoms. The highest BCUT2D eigenvalue weighted by molar-refractivity contribution is 7.23. The van der Waals surface area contributed by atoms with Crippen molar-refractivity contribution in [3.8, 4) is 17.3 Å². The Morgan fingerprint density at radius 3 is 2.85 bits per heavy atom. The van der Waals surface area contributed by atoms with E-state index in [0.29, 0.717) is 46.3 Å². The largest absolute Gasteiger partial charge is 0.389 e. The van der Waals surface area contributed by atoms with Crippen molar-refractivity contribution in [2.45, 2.75) is 39.9 Å². The van der Waals surface area contributed by atoms with Crippen molar-refractivity contribution in [2.75, 3.05) is 23.7 Å². The molecule has 1 aromatic carbocycles. The zero-order chi connectivity index (χ0) is 23.6. The minimum Gasteiger partial charge on any atom is -0.389 e. The van der Waals surface area contributed by atoms with Gasteiger partial charge in [-0.1, -0.05) is 13.8 Å². The van der Waals surface area contributed by atoms with Crippen molar-refractivity contribution in [1.29, 1.82) is 5.26 Å². The molecule has 0 radical (unpaired) electrons. The fourth-order valence-electron chi connectivity index (χ4n) is 5.30. The first-order chi connectivity index (χ1) is 16.5. The van der Waals surface area contributed by atoms with Crippen LogP contribution in [0.2, 0.25) is 0 Å². The highest BCUT2D eigenvalue weighted by atomic mass is 32.1. The minimum absolute atomic E-state index is 0.270. The van der Waals surface area contributed by atoms with Crippen LogP contribution in [0.15, 0.2) is 12.4 Å². The van der Waals surface area contributed by atoms with Gasteiger partial charge in [0.15, 0.2) is 5.82 Å². The molecular weight excluding hydrogens is 451 g/mol. The average molecular weight is 475 g/mol. The molecule has 2 N–H and O–H groups in total. The average Bonchev–Trinajstić information content (AvgIpc) is 3.57. The fraction of sp³-hybridized carbons (Fsp3) is 0.360. The summed E-state index contributed by atoms with van der Waals surface area (Å²) in [5, 5.41) is 11.6. The number of aromatic nitrogens is 3. The number of anilines is 2. The summed E-state index contributed by atoms with van der Waals surface area (Å²) in [6, 6.07) is 2.16. The van der Waals surface area contributed by atoms with E-state index in [0.717, 1.165) is 70.0 Å². The molecule has 6 rings (SSSR count). The Hall–Kier alpha value is -3.35. The second-order valence-electron chi connectivity index (χ2n) is 9.04. The molecule has 7 nitrogen and oxygen atoms in total. The lowest BCUT2D eigenvalue weighted by Gasteiger charge is -2.20. The van der Waals surface area contributed by atoms with E-state index in [2.05, 4.69) is 29.8 Å². The molecule has 2 aliphatic heterocycles. The summed E-state index contributed by atoms with van der Waals surface area (Å²) in [4.78, 5) is 16.5. The van der Waals surface area contributed by atoms with E-state index in [1.54, 1.807) is 0 Å². The number of hydrogen-bond donors (Lipinski definition) is 1. The normalized spacial score (nSPS) is 17.6. The summed E-state index contributed by atoms with van der Waals surface area (Å²) in [5.41, 5.74) is 11.7. The maximum Gasteiger partial charge on any atom is 0.225 e. The minimum atomic E-state index is -0.476. The Balaban J connectivity index is 1.69. The van der Waals surface area contributed by atoms with E-state index in [9.17, 15) is 9.65 Å². The predicted octanol–water partition coefficient (Wildman–Crippen LogP) is 4.94. The lowest BCUT2D eigenvalue weighted by atomic mass is 9.88. The lowest BCUT2D eigenvalue weighted by molar-refractivity contribution is 0.135. The molecule has 3 aromatic heterocycles. The van der Waals surface area contributed by atoms with Gasteiger partial charge in [-0.15, -0.1) is 11.3 Å². The van der Waals surface area contributed by atoms with Crippen LogP contribution in [0.3, 0.4) is 0 Å². The number of nitrogens with two attached hydrogens (primary N) is 1. The zero-order valence-corrected chi connectivity index (χ0v) is 19.8. The molecule has 2 aliphatic rings. The number of nitriles is 1. The standard InChI is InChI=1S/C25H23FN6OS/c1-3-13-19(22-20-14(6-27)24(28)34-23(20)18(26)8-29-22)17-11-33-10-16(17)15-7-30-25(31-21(13)15)32-5-4-12(2)9-32/h7-8,12H,3-5,9-11,28H2,1-2H3. The molecule has 0 amide bonds. The van der Waals surface area contributed by atoms with Crippen molar-refractivity contribution >= 4 is 43.3 Å². The molecule has 34 heavy (non-hydrogen) atoms. The molecular formula is C25H23FN6OS. The summed E-state index contributed by atoms with van der Waals surface area (Å²) in [5.74, 6) is 0.863. The van der Waals surface area contributed by atoms with Gasteiger partial charge in [-0.25, -0.2) is 14.4 Å². The second-order valence-corrected chi connectivity index (χ2v) is 10.1.